The van der Waals surface area contributed by atoms with Gasteiger partial charge in [-0.15, -0.1) is 0 Å². The number of fused-ring (bicyclic) bond motifs is 1. The number of halogens is 3. The summed E-state index contributed by atoms with van der Waals surface area (Å²) in [6.45, 7) is 0. The first-order valence-electron chi connectivity index (χ1n) is 8.03. The van der Waals surface area contributed by atoms with Crippen LogP contribution in [0.2, 0.25) is 0 Å². The van der Waals surface area contributed by atoms with Crippen LogP contribution in [0, 0.1) is 0 Å². The average molecular weight is 362 g/mol. The molecule has 3 N–H and O–H groups in total. The Morgan fingerprint density at radius 2 is 1.85 bits per heavy atom. The van der Waals surface area contributed by atoms with Gasteiger partial charge in [-0.25, -0.2) is 4.79 Å². The molecule has 0 aliphatic heterocycles. The lowest BCUT2D eigenvalue weighted by molar-refractivity contribution is -0.137. The van der Waals surface area contributed by atoms with Crippen LogP contribution in [0.25, 0.3) is 10.9 Å². The second-order valence-corrected chi connectivity index (χ2v) is 6.11. The average Bonchev–Trinajstić information content (AvgIpc) is 2.96. The summed E-state index contributed by atoms with van der Waals surface area (Å²) in [5.41, 5.74) is 1.45. The third-order valence-corrected chi connectivity index (χ3v) is 4.21. The molecule has 1 unspecified atom stereocenters. The van der Waals surface area contributed by atoms with Crippen molar-refractivity contribution in [3.05, 3.63) is 71.4 Å². The summed E-state index contributed by atoms with van der Waals surface area (Å²) in [5.74, 6) is 0. The number of carbonyl (C=O) groups is 1. The van der Waals surface area contributed by atoms with Gasteiger partial charge in [0.1, 0.15) is 0 Å². The van der Waals surface area contributed by atoms with Gasteiger partial charge < -0.3 is 15.4 Å². The Morgan fingerprint density at radius 1 is 1.12 bits per heavy atom. The smallest absolute Gasteiger partial charge is 0.416 e. The minimum atomic E-state index is -4.43. The highest BCUT2D eigenvalue weighted by Crippen LogP contribution is 2.32. The summed E-state index contributed by atoms with van der Waals surface area (Å²) in [6.07, 6.45) is -3.24. The lowest BCUT2D eigenvalue weighted by Crippen LogP contribution is -2.37. The fraction of sp³-hybridized carbons (Fsp3) is 0.211. The maximum atomic E-state index is 13.0. The Hall–Kier alpha value is -2.96. The van der Waals surface area contributed by atoms with Gasteiger partial charge >= 0.3 is 12.3 Å². The molecule has 0 saturated heterocycles. The molecule has 0 aliphatic rings. The second-order valence-electron chi connectivity index (χ2n) is 6.11. The number of carboxylic acid groups (broad SMARTS) is 1. The summed E-state index contributed by atoms with van der Waals surface area (Å²) in [5, 5.41) is 12.0. The number of amides is 1. The van der Waals surface area contributed by atoms with Gasteiger partial charge in [-0.1, -0.05) is 30.3 Å². The summed E-state index contributed by atoms with van der Waals surface area (Å²) in [7, 11) is 0. The van der Waals surface area contributed by atoms with Crippen LogP contribution in [0.5, 0.6) is 0 Å². The predicted octanol–water partition coefficient (Wildman–Crippen LogP) is 4.61. The van der Waals surface area contributed by atoms with Gasteiger partial charge in [0.05, 0.1) is 5.56 Å². The molecule has 0 saturated carbocycles. The van der Waals surface area contributed by atoms with Gasteiger partial charge in [0.2, 0.25) is 0 Å². The van der Waals surface area contributed by atoms with E-state index in [1.165, 1.54) is 6.07 Å². The first-order valence-corrected chi connectivity index (χ1v) is 8.03. The Labute approximate surface area is 147 Å². The normalized spacial score (nSPS) is 12.9. The van der Waals surface area contributed by atoms with Gasteiger partial charge in [-0.3, -0.25) is 0 Å². The van der Waals surface area contributed by atoms with Crippen molar-refractivity contribution in [2.45, 2.75) is 25.1 Å². The lowest BCUT2D eigenvalue weighted by Gasteiger charge is -2.17. The standard InChI is InChI=1S/C19H17F3N2O2/c20-19(21,22)14-6-7-17-16(10-14)13(11-23-17)9-15(24-18(25)26)8-12-4-2-1-3-5-12/h1-7,10-11,15,23-24H,8-9H2,(H,25,26). The van der Waals surface area contributed by atoms with Gasteiger partial charge in [0.15, 0.2) is 0 Å². The Bertz CT molecular complexity index is 904. The highest BCUT2D eigenvalue weighted by molar-refractivity contribution is 5.84. The number of hydrogen-bond donors (Lipinski definition) is 3. The van der Waals surface area contributed by atoms with Crippen molar-refractivity contribution >= 4 is 17.0 Å². The van der Waals surface area contributed by atoms with Crippen molar-refractivity contribution < 1.29 is 23.1 Å². The summed E-state index contributed by atoms with van der Waals surface area (Å²) >= 11 is 0. The molecule has 1 heterocycles. The highest BCUT2D eigenvalue weighted by Gasteiger charge is 2.30. The van der Waals surface area contributed by atoms with E-state index in [0.717, 1.165) is 17.7 Å². The van der Waals surface area contributed by atoms with Crippen molar-refractivity contribution in [1.29, 1.82) is 0 Å². The van der Waals surface area contributed by atoms with E-state index < -0.39 is 23.9 Å². The fourth-order valence-electron chi connectivity index (χ4n) is 3.04. The lowest BCUT2D eigenvalue weighted by atomic mass is 9.98. The quantitative estimate of drug-likeness (QED) is 0.621. The predicted molar refractivity (Wildman–Crippen MR) is 92.1 cm³/mol. The maximum absolute atomic E-state index is 13.0. The first kappa shape index (κ1) is 17.8. The molecule has 3 aromatic rings. The Kier molecular flexibility index (Phi) is 4.88. The van der Waals surface area contributed by atoms with Crippen molar-refractivity contribution in [1.82, 2.24) is 10.3 Å². The van der Waals surface area contributed by atoms with E-state index in [-0.39, 0.29) is 6.42 Å². The van der Waals surface area contributed by atoms with Gasteiger partial charge in [0.25, 0.3) is 0 Å². The topological polar surface area (TPSA) is 65.1 Å². The van der Waals surface area contributed by atoms with Crippen LogP contribution >= 0.6 is 0 Å². The second kappa shape index (κ2) is 7.11. The molecule has 1 amide bonds. The fourth-order valence-corrected chi connectivity index (χ4v) is 3.04. The van der Waals surface area contributed by atoms with Crippen LogP contribution < -0.4 is 5.32 Å². The Balaban J connectivity index is 1.89. The molecule has 1 aromatic heterocycles. The minimum Gasteiger partial charge on any atom is -0.465 e. The molecular formula is C19H17F3N2O2. The van der Waals surface area contributed by atoms with E-state index in [0.29, 0.717) is 22.9 Å². The van der Waals surface area contributed by atoms with Crippen LogP contribution in [0.3, 0.4) is 0 Å². The molecule has 26 heavy (non-hydrogen) atoms. The van der Waals surface area contributed by atoms with Gasteiger partial charge in [-0.05, 0) is 42.2 Å². The number of aromatic amines is 1. The minimum absolute atomic E-state index is 0.280. The summed E-state index contributed by atoms with van der Waals surface area (Å²) in [4.78, 5) is 14.1. The van der Waals surface area contributed by atoms with Crippen molar-refractivity contribution in [2.24, 2.45) is 0 Å². The van der Waals surface area contributed by atoms with Crippen LogP contribution in [0.1, 0.15) is 16.7 Å². The number of aromatic nitrogens is 1. The van der Waals surface area contributed by atoms with E-state index >= 15 is 0 Å². The van der Waals surface area contributed by atoms with Crippen LogP contribution in [-0.4, -0.2) is 22.2 Å². The maximum Gasteiger partial charge on any atom is 0.416 e. The van der Waals surface area contributed by atoms with Gasteiger partial charge in [0, 0.05) is 23.1 Å². The molecular weight excluding hydrogens is 345 g/mol. The van der Waals surface area contributed by atoms with E-state index in [1.54, 1.807) is 6.20 Å². The molecule has 4 nitrogen and oxygen atoms in total. The third kappa shape index (κ3) is 4.17. The molecule has 0 aliphatic carbocycles. The number of alkyl halides is 3. The van der Waals surface area contributed by atoms with E-state index in [4.69, 9.17) is 5.11 Å². The van der Waals surface area contributed by atoms with E-state index in [9.17, 15) is 18.0 Å². The SMILES string of the molecule is O=C(O)NC(Cc1ccccc1)Cc1c[nH]c2ccc(C(F)(F)F)cc12. The molecule has 3 rings (SSSR count). The number of rotatable bonds is 5. The van der Waals surface area contributed by atoms with E-state index in [2.05, 4.69) is 10.3 Å². The molecule has 0 fully saturated rings. The van der Waals surface area contributed by atoms with Crippen molar-refractivity contribution in [3.8, 4) is 0 Å². The van der Waals surface area contributed by atoms with Gasteiger partial charge in [-0.2, -0.15) is 13.2 Å². The molecule has 0 radical (unpaired) electrons. The summed E-state index contributed by atoms with van der Waals surface area (Å²) in [6, 6.07) is 12.4. The number of hydrogen-bond acceptors (Lipinski definition) is 1. The monoisotopic (exact) mass is 362 g/mol. The zero-order valence-electron chi connectivity index (χ0n) is 13.7. The zero-order chi connectivity index (χ0) is 18.7. The largest absolute Gasteiger partial charge is 0.465 e. The van der Waals surface area contributed by atoms with E-state index in [1.807, 2.05) is 30.3 Å². The number of nitrogens with one attached hydrogen (secondary N) is 2. The Morgan fingerprint density at radius 3 is 2.50 bits per heavy atom. The first-order chi connectivity index (χ1) is 12.3. The van der Waals surface area contributed by atoms with Crippen LogP contribution in [0.4, 0.5) is 18.0 Å². The van der Waals surface area contributed by atoms with Crippen LogP contribution in [-0.2, 0) is 19.0 Å². The molecule has 1 atom stereocenters. The zero-order valence-corrected chi connectivity index (χ0v) is 13.7. The molecule has 0 bridgehead atoms. The van der Waals surface area contributed by atoms with Crippen molar-refractivity contribution in [2.75, 3.05) is 0 Å². The third-order valence-electron chi connectivity index (χ3n) is 4.21. The molecule has 2 aromatic carbocycles. The number of benzene rings is 2. The molecule has 0 spiro atoms. The summed E-state index contributed by atoms with van der Waals surface area (Å²) < 4.78 is 38.9. The number of H-pyrrole nitrogens is 1. The van der Waals surface area contributed by atoms with Crippen molar-refractivity contribution in [3.63, 3.8) is 0 Å². The molecule has 136 valence electrons. The highest BCUT2D eigenvalue weighted by atomic mass is 19.4. The molecule has 7 heteroatoms. The van der Waals surface area contributed by atoms with Crippen LogP contribution in [0.15, 0.2) is 54.7 Å².